The van der Waals surface area contributed by atoms with Gasteiger partial charge in [-0.1, -0.05) is 29.3 Å². The Morgan fingerprint density at radius 2 is 1.94 bits per heavy atom. The summed E-state index contributed by atoms with van der Waals surface area (Å²) in [6, 6.07) is 5.23. The molecular formula is C12H13Cl2NO2S. The molecule has 0 aliphatic carbocycles. The normalized spacial score (nSPS) is 19.2. The second-order valence-corrected chi connectivity index (χ2v) is 6.74. The first-order valence-corrected chi connectivity index (χ1v) is 7.45. The number of rotatable bonds is 3. The van der Waals surface area contributed by atoms with Gasteiger partial charge in [-0.25, -0.2) is 0 Å². The zero-order chi connectivity index (χ0) is 13.3. The van der Waals surface area contributed by atoms with Gasteiger partial charge in [0.2, 0.25) is 0 Å². The van der Waals surface area contributed by atoms with Gasteiger partial charge in [0, 0.05) is 15.6 Å². The van der Waals surface area contributed by atoms with Crippen molar-refractivity contribution in [2.75, 3.05) is 0 Å². The maximum Gasteiger partial charge on any atom is 0.124 e. The van der Waals surface area contributed by atoms with Crippen molar-refractivity contribution in [1.29, 1.82) is 0 Å². The maximum atomic E-state index is 12.2. The van der Waals surface area contributed by atoms with Gasteiger partial charge in [0.05, 0.1) is 16.6 Å². The molecular weight excluding hydrogens is 293 g/mol. The summed E-state index contributed by atoms with van der Waals surface area (Å²) in [5, 5.41) is 1.60. The summed E-state index contributed by atoms with van der Waals surface area (Å²) in [5.41, 5.74) is 2.92. The van der Waals surface area contributed by atoms with E-state index in [4.69, 9.17) is 28.0 Å². The summed E-state index contributed by atoms with van der Waals surface area (Å²) in [6.07, 6.45) is 1.80. The van der Waals surface area contributed by atoms with Crippen LogP contribution in [0.1, 0.15) is 19.4 Å². The van der Waals surface area contributed by atoms with E-state index < -0.39 is 16.4 Å². The topological polar surface area (TPSA) is 38.3 Å². The second-order valence-electron chi connectivity index (χ2n) is 4.51. The molecule has 1 aliphatic heterocycles. The van der Waals surface area contributed by atoms with Crippen molar-refractivity contribution < 1.29 is 9.05 Å². The average Bonchev–Trinajstić information content (AvgIpc) is 2.64. The van der Waals surface area contributed by atoms with Crippen LogP contribution in [0.5, 0.6) is 0 Å². The summed E-state index contributed by atoms with van der Waals surface area (Å²) in [5.74, 6) is 0.261. The van der Waals surface area contributed by atoms with Crippen LogP contribution in [-0.2, 0) is 21.4 Å². The van der Waals surface area contributed by atoms with E-state index in [2.05, 4.69) is 5.48 Å². The van der Waals surface area contributed by atoms with Crippen LogP contribution in [-0.4, -0.2) is 9.81 Å². The van der Waals surface area contributed by atoms with E-state index in [1.807, 2.05) is 13.8 Å². The molecule has 98 valence electrons. The predicted molar refractivity (Wildman–Crippen MR) is 74.7 cm³/mol. The number of hydrogen-bond acceptors (Lipinski definition) is 3. The molecule has 18 heavy (non-hydrogen) atoms. The van der Waals surface area contributed by atoms with Gasteiger partial charge < -0.3 is 0 Å². The van der Waals surface area contributed by atoms with Crippen LogP contribution in [0.3, 0.4) is 0 Å². The number of benzene rings is 1. The highest BCUT2D eigenvalue weighted by atomic mass is 35.5. The molecule has 1 aromatic rings. The standard InChI is InChI=1S/C12H13Cl2NO2S/c1-12(2)6-11(15-17-12)18(16)7-8-9(13)4-3-5-10(8)14/h3-6,15H,7H2,1-2H3/t18-/m0/s1. The van der Waals surface area contributed by atoms with E-state index in [1.165, 1.54) is 0 Å². The van der Waals surface area contributed by atoms with E-state index in [9.17, 15) is 4.21 Å². The third-order valence-corrected chi connectivity index (χ3v) is 4.43. The lowest BCUT2D eigenvalue weighted by molar-refractivity contribution is -0.0128. The van der Waals surface area contributed by atoms with E-state index >= 15 is 0 Å². The summed E-state index contributed by atoms with van der Waals surface area (Å²) in [6.45, 7) is 3.76. The van der Waals surface area contributed by atoms with Gasteiger partial charge in [-0.05, 0) is 32.1 Å². The van der Waals surface area contributed by atoms with Crippen molar-refractivity contribution in [3.05, 3.63) is 44.9 Å². The SMILES string of the molecule is CC1(C)C=C([S@@](=O)Cc2c(Cl)cccc2Cl)NO1. The number of hydroxylamine groups is 1. The molecule has 0 bridgehead atoms. The molecule has 0 amide bonds. The Morgan fingerprint density at radius 3 is 2.44 bits per heavy atom. The van der Waals surface area contributed by atoms with Crippen LogP contribution in [0.25, 0.3) is 0 Å². The Hall–Kier alpha value is -0.550. The molecule has 0 spiro atoms. The maximum absolute atomic E-state index is 12.2. The molecule has 0 aromatic heterocycles. The van der Waals surface area contributed by atoms with Crippen molar-refractivity contribution in [1.82, 2.24) is 5.48 Å². The average molecular weight is 306 g/mol. The fourth-order valence-corrected chi connectivity index (χ4v) is 3.52. The van der Waals surface area contributed by atoms with Crippen LogP contribution in [0.4, 0.5) is 0 Å². The molecule has 0 fully saturated rings. The lowest BCUT2D eigenvalue weighted by Crippen LogP contribution is -2.21. The van der Waals surface area contributed by atoms with Crippen LogP contribution < -0.4 is 5.48 Å². The van der Waals surface area contributed by atoms with Gasteiger partial charge in [-0.3, -0.25) is 14.5 Å². The zero-order valence-electron chi connectivity index (χ0n) is 10.00. The summed E-state index contributed by atoms with van der Waals surface area (Å²) < 4.78 is 12.2. The van der Waals surface area contributed by atoms with Crippen LogP contribution >= 0.6 is 23.2 Å². The number of nitrogens with one attached hydrogen (secondary N) is 1. The van der Waals surface area contributed by atoms with Gasteiger partial charge in [-0.15, -0.1) is 0 Å². The fourth-order valence-electron chi connectivity index (χ4n) is 1.55. The van der Waals surface area contributed by atoms with E-state index in [0.717, 1.165) is 0 Å². The van der Waals surface area contributed by atoms with E-state index in [1.54, 1.807) is 24.3 Å². The number of hydrogen-bond donors (Lipinski definition) is 1. The monoisotopic (exact) mass is 305 g/mol. The Balaban J connectivity index is 2.18. The Bertz CT molecular complexity index is 509. The molecule has 1 atom stereocenters. The molecule has 0 saturated heterocycles. The third kappa shape index (κ3) is 3.06. The zero-order valence-corrected chi connectivity index (χ0v) is 12.3. The van der Waals surface area contributed by atoms with Gasteiger partial charge in [0.15, 0.2) is 0 Å². The smallest absolute Gasteiger partial charge is 0.124 e. The van der Waals surface area contributed by atoms with Crippen LogP contribution in [0.2, 0.25) is 10.0 Å². The van der Waals surface area contributed by atoms with Crippen molar-refractivity contribution in [2.24, 2.45) is 0 Å². The lowest BCUT2D eigenvalue weighted by Gasteiger charge is -2.11. The van der Waals surface area contributed by atoms with Gasteiger partial charge in [0.25, 0.3) is 0 Å². The highest BCUT2D eigenvalue weighted by Crippen LogP contribution is 2.28. The van der Waals surface area contributed by atoms with E-state index in [0.29, 0.717) is 20.6 Å². The predicted octanol–water partition coefficient (Wildman–Crippen LogP) is 3.40. The Labute approximate surface area is 119 Å². The molecule has 0 unspecified atom stereocenters. The van der Waals surface area contributed by atoms with Crippen molar-refractivity contribution >= 4 is 34.0 Å². The molecule has 3 nitrogen and oxygen atoms in total. The molecule has 1 N–H and O–H groups in total. The minimum Gasteiger partial charge on any atom is -0.265 e. The largest absolute Gasteiger partial charge is 0.265 e. The first-order valence-electron chi connectivity index (χ1n) is 5.37. The van der Waals surface area contributed by atoms with Crippen molar-refractivity contribution in [3.63, 3.8) is 0 Å². The van der Waals surface area contributed by atoms with Crippen LogP contribution in [0, 0.1) is 0 Å². The third-order valence-electron chi connectivity index (χ3n) is 2.48. The van der Waals surface area contributed by atoms with Crippen LogP contribution in [0.15, 0.2) is 29.3 Å². The highest BCUT2D eigenvalue weighted by molar-refractivity contribution is 7.88. The first kappa shape index (κ1) is 13.9. The Morgan fingerprint density at radius 1 is 1.33 bits per heavy atom. The lowest BCUT2D eigenvalue weighted by atomic mass is 10.1. The molecule has 0 saturated carbocycles. The molecule has 0 radical (unpaired) electrons. The summed E-state index contributed by atoms with van der Waals surface area (Å²) in [7, 11) is -1.26. The highest BCUT2D eigenvalue weighted by Gasteiger charge is 2.27. The minimum atomic E-state index is -1.26. The molecule has 1 heterocycles. The quantitative estimate of drug-likeness (QED) is 0.930. The van der Waals surface area contributed by atoms with Gasteiger partial charge in [-0.2, -0.15) is 0 Å². The molecule has 1 aromatic carbocycles. The van der Waals surface area contributed by atoms with Gasteiger partial charge in [0.1, 0.15) is 10.6 Å². The van der Waals surface area contributed by atoms with Crippen molar-refractivity contribution in [2.45, 2.75) is 25.2 Å². The Kier molecular flexibility index (Phi) is 4.02. The first-order chi connectivity index (χ1) is 8.39. The summed E-state index contributed by atoms with van der Waals surface area (Å²) in [4.78, 5) is 5.27. The number of halogens is 2. The fraction of sp³-hybridized carbons (Fsp3) is 0.333. The van der Waals surface area contributed by atoms with Crippen molar-refractivity contribution in [3.8, 4) is 0 Å². The molecule has 6 heteroatoms. The minimum absolute atomic E-state index is 0.261. The van der Waals surface area contributed by atoms with Gasteiger partial charge >= 0.3 is 0 Å². The molecule has 1 aliphatic rings. The molecule has 2 rings (SSSR count). The second kappa shape index (κ2) is 5.21. The summed E-state index contributed by atoms with van der Waals surface area (Å²) >= 11 is 12.1. The van der Waals surface area contributed by atoms with E-state index in [-0.39, 0.29) is 5.75 Å².